The van der Waals surface area contributed by atoms with Crippen LogP contribution in [0.4, 0.5) is 0 Å². The molecule has 1 fully saturated rings. The van der Waals surface area contributed by atoms with Crippen molar-refractivity contribution in [2.24, 2.45) is 0 Å². The number of hydrogen-bond acceptors (Lipinski definition) is 3. The van der Waals surface area contributed by atoms with Crippen molar-refractivity contribution in [1.82, 2.24) is 4.90 Å². The first-order valence-electron chi connectivity index (χ1n) is 5.15. The molecule has 1 saturated heterocycles. The molecule has 1 aliphatic rings. The fourth-order valence-electron chi connectivity index (χ4n) is 1.90. The van der Waals surface area contributed by atoms with Crippen molar-refractivity contribution < 1.29 is 15.0 Å². The van der Waals surface area contributed by atoms with E-state index in [2.05, 4.69) is 4.90 Å². The van der Waals surface area contributed by atoms with Gasteiger partial charge in [0.25, 0.3) is 0 Å². The van der Waals surface area contributed by atoms with Gasteiger partial charge in [-0.2, -0.15) is 0 Å². The summed E-state index contributed by atoms with van der Waals surface area (Å²) in [6, 6.07) is 0. The van der Waals surface area contributed by atoms with Crippen LogP contribution in [0.3, 0.4) is 0 Å². The third-order valence-electron chi connectivity index (χ3n) is 2.95. The number of carbonyl (C=O) groups is 1. The monoisotopic (exact) mass is 201 g/mol. The van der Waals surface area contributed by atoms with Gasteiger partial charge < -0.3 is 15.1 Å². The lowest BCUT2D eigenvalue weighted by Gasteiger charge is -2.25. The fourth-order valence-corrected chi connectivity index (χ4v) is 1.90. The Kier molecular flexibility index (Phi) is 3.89. The van der Waals surface area contributed by atoms with Crippen molar-refractivity contribution in [3.05, 3.63) is 0 Å². The topological polar surface area (TPSA) is 60.8 Å². The highest BCUT2D eigenvalue weighted by Crippen LogP contribution is 2.26. The molecule has 0 amide bonds. The zero-order valence-electron chi connectivity index (χ0n) is 8.70. The molecule has 1 rings (SSSR count). The highest BCUT2D eigenvalue weighted by molar-refractivity contribution is 5.66. The van der Waals surface area contributed by atoms with Gasteiger partial charge in [0.2, 0.25) is 0 Å². The van der Waals surface area contributed by atoms with E-state index in [0.29, 0.717) is 12.8 Å². The van der Waals surface area contributed by atoms with Crippen molar-refractivity contribution in [3.63, 3.8) is 0 Å². The van der Waals surface area contributed by atoms with E-state index in [1.54, 1.807) is 0 Å². The van der Waals surface area contributed by atoms with Crippen LogP contribution in [0.15, 0.2) is 0 Å². The second-order valence-corrected chi connectivity index (χ2v) is 4.27. The average molecular weight is 201 g/mol. The SMILES string of the molecule is CN1CCCC(O)(CCC(=O)O)CC1. The summed E-state index contributed by atoms with van der Waals surface area (Å²) >= 11 is 0. The third-order valence-corrected chi connectivity index (χ3v) is 2.95. The van der Waals surface area contributed by atoms with Crippen LogP contribution in [-0.4, -0.2) is 46.8 Å². The maximum atomic E-state index is 10.4. The molecule has 4 heteroatoms. The maximum Gasteiger partial charge on any atom is 0.303 e. The predicted molar refractivity (Wildman–Crippen MR) is 53.2 cm³/mol. The molecule has 1 heterocycles. The molecule has 0 aromatic heterocycles. The molecule has 82 valence electrons. The van der Waals surface area contributed by atoms with Gasteiger partial charge >= 0.3 is 5.97 Å². The first-order valence-corrected chi connectivity index (χ1v) is 5.15. The van der Waals surface area contributed by atoms with E-state index in [9.17, 15) is 9.90 Å². The summed E-state index contributed by atoms with van der Waals surface area (Å²) in [5, 5.41) is 18.7. The minimum atomic E-state index is -0.823. The van der Waals surface area contributed by atoms with Gasteiger partial charge in [0.1, 0.15) is 0 Å². The molecule has 2 N–H and O–H groups in total. The largest absolute Gasteiger partial charge is 0.481 e. The Bertz CT molecular complexity index is 208. The number of carboxylic acid groups (broad SMARTS) is 1. The first kappa shape index (κ1) is 11.5. The molecule has 0 aliphatic carbocycles. The number of rotatable bonds is 3. The molecule has 1 atom stereocenters. The summed E-state index contributed by atoms with van der Waals surface area (Å²) in [5.41, 5.74) is -0.747. The number of carboxylic acids is 1. The summed E-state index contributed by atoms with van der Waals surface area (Å²) in [5.74, 6) is -0.823. The summed E-state index contributed by atoms with van der Waals surface area (Å²) in [7, 11) is 2.03. The van der Waals surface area contributed by atoms with E-state index >= 15 is 0 Å². The van der Waals surface area contributed by atoms with Crippen LogP contribution < -0.4 is 0 Å². The summed E-state index contributed by atoms with van der Waals surface area (Å²) < 4.78 is 0. The Balaban J connectivity index is 2.42. The van der Waals surface area contributed by atoms with Gasteiger partial charge in [-0.3, -0.25) is 4.79 Å². The van der Waals surface area contributed by atoms with Crippen molar-refractivity contribution in [2.75, 3.05) is 20.1 Å². The van der Waals surface area contributed by atoms with Crippen molar-refractivity contribution >= 4 is 5.97 Å². The van der Waals surface area contributed by atoms with Crippen LogP contribution in [-0.2, 0) is 4.79 Å². The zero-order chi connectivity index (χ0) is 10.6. The molecule has 14 heavy (non-hydrogen) atoms. The molecule has 0 radical (unpaired) electrons. The van der Waals surface area contributed by atoms with E-state index in [1.165, 1.54) is 0 Å². The van der Waals surface area contributed by atoms with Gasteiger partial charge in [0.05, 0.1) is 5.60 Å². The van der Waals surface area contributed by atoms with Crippen LogP contribution >= 0.6 is 0 Å². The minimum absolute atomic E-state index is 0.0697. The number of likely N-dealkylation sites (tertiary alicyclic amines) is 1. The number of aliphatic hydroxyl groups is 1. The lowest BCUT2D eigenvalue weighted by molar-refractivity contribution is -0.138. The lowest BCUT2D eigenvalue weighted by Crippen LogP contribution is -2.30. The van der Waals surface area contributed by atoms with Crippen LogP contribution in [0.5, 0.6) is 0 Å². The van der Waals surface area contributed by atoms with Gasteiger partial charge in [0, 0.05) is 13.0 Å². The van der Waals surface area contributed by atoms with Crippen LogP contribution in [0.1, 0.15) is 32.1 Å². The third kappa shape index (κ3) is 3.64. The molecular weight excluding hydrogens is 182 g/mol. The molecule has 4 nitrogen and oxygen atoms in total. The molecule has 1 aliphatic heterocycles. The van der Waals surface area contributed by atoms with Crippen LogP contribution in [0.25, 0.3) is 0 Å². The fraction of sp³-hybridized carbons (Fsp3) is 0.900. The van der Waals surface area contributed by atoms with E-state index in [0.717, 1.165) is 25.9 Å². The van der Waals surface area contributed by atoms with Gasteiger partial charge in [-0.15, -0.1) is 0 Å². The summed E-state index contributed by atoms with van der Waals surface area (Å²) in [4.78, 5) is 12.6. The molecular formula is C10H19NO3. The Morgan fingerprint density at radius 1 is 1.43 bits per heavy atom. The summed E-state index contributed by atoms with van der Waals surface area (Å²) in [6.07, 6.45) is 2.82. The van der Waals surface area contributed by atoms with Gasteiger partial charge in [0.15, 0.2) is 0 Å². The van der Waals surface area contributed by atoms with Gasteiger partial charge in [-0.1, -0.05) is 0 Å². The highest BCUT2D eigenvalue weighted by Gasteiger charge is 2.29. The Hall–Kier alpha value is -0.610. The first-order chi connectivity index (χ1) is 6.52. The van der Waals surface area contributed by atoms with E-state index < -0.39 is 11.6 Å². The molecule has 0 bridgehead atoms. The number of nitrogens with zero attached hydrogens (tertiary/aromatic N) is 1. The zero-order valence-corrected chi connectivity index (χ0v) is 8.70. The van der Waals surface area contributed by atoms with Crippen molar-refractivity contribution in [3.8, 4) is 0 Å². The van der Waals surface area contributed by atoms with E-state index in [1.807, 2.05) is 7.05 Å². The molecule has 0 spiro atoms. The average Bonchev–Trinajstić information content (AvgIpc) is 2.27. The standard InChI is InChI=1S/C10H19NO3/c1-11-7-2-4-10(14,6-8-11)5-3-9(12)13/h14H,2-8H2,1H3,(H,12,13). The summed E-state index contributed by atoms with van der Waals surface area (Å²) in [6.45, 7) is 1.85. The molecule has 0 aromatic rings. The van der Waals surface area contributed by atoms with Gasteiger partial charge in [-0.25, -0.2) is 0 Å². The second kappa shape index (κ2) is 4.75. The molecule has 1 unspecified atom stereocenters. The van der Waals surface area contributed by atoms with Crippen molar-refractivity contribution in [2.45, 2.75) is 37.7 Å². The minimum Gasteiger partial charge on any atom is -0.481 e. The van der Waals surface area contributed by atoms with Gasteiger partial charge in [-0.05, 0) is 39.3 Å². The van der Waals surface area contributed by atoms with Crippen molar-refractivity contribution in [1.29, 1.82) is 0 Å². The molecule has 0 saturated carbocycles. The lowest BCUT2D eigenvalue weighted by atomic mass is 9.90. The Labute approximate surface area is 84.5 Å². The number of hydrogen-bond donors (Lipinski definition) is 2. The van der Waals surface area contributed by atoms with Crippen LogP contribution in [0, 0.1) is 0 Å². The normalized spacial score (nSPS) is 29.9. The van der Waals surface area contributed by atoms with E-state index in [-0.39, 0.29) is 6.42 Å². The number of aliphatic carboxylic acids is 1. The highest BCUT2D eigenvalue weighted by atomic mass is 16.4. The quantitative estimate of drug-likeness (QED) is 0.705. The van der Waals surface area contributed by atoms with E-state index in [4.69, 9.17) is 5.11 Å². The second-order valence-electron chi connectivity index (χ2n) is 4.27. The Morgan fingerprint density at radius 2 is 2.14 bits per heavy atom. The smallest absolute Gasteiger partial charge is 0.303 e. The predicted octanol–water partition coefficient (Wildman–Crippen LogP) is 0.698. The van der Waals surface area contributed by atoms with Crippen LogP contribution in [0.2, 0.25) is 0 Å². The molecule has 0 aromatic carbocycles. The Morgan fingerprint density at radius 3 is 2.79 bits per heavy atom. The maximum absolute atomic E-state index is 10.4.